The summed E-state index contributed by atoms with van der Waals surface area (Å²) < 4.78 is 30.3. The first kappa shape index (κ1) is 20.4. The summed E-state index contributed by atoms with van der Waals surface area (Å²) in [6.07, 6.45) is 7.43. The lowest BCUT2D eigenvalue weighted by Gasteiger charge is -2.30. The van der Waals surface area contributed by atoms with Gasteiger partial charge in [0.2, 0.25) is 0 Å². The van der Waals surface area contributed by atoms with Crippen LogP contribution in [0.3, 0.4) is 0 Å². The fraction of sp³-hybridized carbons (Fsp3) is 0.524. The Morgan fingerprint density at radius 3 is 2.57 bits per heavy atom. The smallest absolute Gasteiger partial charge is 0.284 e. The molecule has 4 rings (SSSR count). The van der Waals surface area contributed by atoms with Crippen molar-refractivity contribution in [1.29, 1.82) is 0 Å². The van der Waals surface area contributed by atoms with E-state index < -0.39 is 18.0 Å². The van der Waals surface area contributed by atoms with Crippen LogP contribution in [-0.4, -0.2) is 30.3 Å². The van der Waals surface area contributed by atoms with E-state index in [1.165, 1.54) is 16.9 Å². The van der Waals surface area contributed by atoms with Crippen molar-refractivity contribution in [2.45, 2.75) is 58.9 Å². The lowest BCUT2D eigenvalue weighted by molar-refractivity contribution is 0.102. The van der Waals surface area contributed by atoms with Crippen LogP contribution in [0.5, 0.6) is 0 Å². The second-order valence-electron chi connectivity index (χ2n) is 8.43. The molecule has 9 heteroatoms. The van der Waals surface area contributed by atoms with Crippen molar-refractivity contribution in [3.8, 4) is 0 Å². The molecule has 0 radical (unpaired) electrons. The van der Waals surface area contributed by atoms with Crippen LogP contribution in [0.4, 0.5) is 14.5 Å². The molecule has 3 heterocycles. The van der Waals surface area contributed by atoms with Gasteiger partial charge in [0.1, 0.15) is 5.56 Å². The van der Waals surface area contributed by atoms with Crippen molar-refractivity contribution >= 4 is 17.2 Å². The molecule has 0 spiro atoms. The van der Waals surface area contributed by atoms with Gasteiger partial charge in [0.15, 0.2) is 11.3 Å². The molecule has 1 fully saturated rings. The number of rotatable bonds is 5. The summed E-state index contributed by atoms with van der Waals surface area (Å²) in [5, 5.41) is 10.8. The van der Waals surface area contributed by atoms with Crippen molar-refractivity contribution in [3.63, 3.8) is 0 Å². The standard InChI is InChI=1S/C21H26F2N6O/c1-12(2)14-4-6-15(7-5-14)28-11-17(18(27-28)19(22)23)26-21(30)16-9-25-29-10-13(3)8-24-20(16)29/h8-12,14-15,19H,4-7H2,1-3H3,(H,26,30). The van der Waals surface area contributed by atoms with Crippen molar-refractivity contribution in [3.05, 3.63) is 41.6 Å². The summed E-state index contributed by atoms with van der Waals surface area (Å²) in [7, 11) is 0. The molecule has 3 aromatic rings. The summed E-state index contributed by atoms with van der Waals surface area (Å²) in [4.78, 5) is 17.0. The van der Waals surface area contributed by atoms with Crippen LogP contribution in [0, 0.1) is 18.8 Å². The van der Waals surface area contributed by atoms with Crippen LogP contribution in [0.25, 0.3) is 5.65 Å². The Kier molecular flexibility index (Phi) is 5.53. The van der Waals surface area contributed by atoms with Gasteiger partial charge in [0, 0.05) is 18.6 Å². The number of fused-ring (bicyclic) bond motifs is 1. The molecule has 7 nitrogen and oxygen atoms in total. The molecule has 160 valence electrons. The SMILES string of the molecule is Cc1cnc2c(C(=O)Nc3cn(C4CCC(C(C)C)CC4)nc3C(F)F)cnn2c1. The number of nitrogens with one attached hydrogen (secondary N) is 1. The number of hydrogen-bond donors (Lipinski definition) is 1. The molecule has 1 aliphatic rings. The maximum atomic E-state index is 13.6. The monoisotopic (exact) mass is 416 g/mol. The third-order valence-electron chi connectivity index (χ3n) is 6.00. The van der Waals surface area contributed by atoms with Crippen LogP contribution < -0.4 is 5.32 Å². The predicted molar refractivity (Wildman–Crippen MR) is 109 cm³/mol. The molecule has 0 saturated heterocycles. The van der Waals surface area contributed by atoms with E-state index in [2.05, 4.69) is 34.3 Å². The van der Waals surface area contributed by atoms with E-state index in [4.69, 9.17) is 0 Å². The number of hydrogen-bond acceptors (Lipinski definition) is 4. The highest BCUT2D eigenvalue weighted by molar-refractivity contribution is 6.08. The molecule has 0 bridgehead atoms. The predicted octanol–water partition coefficient (Wildman–Crippen LogP) is 4.81. The topological polar surface area (TPSA) is 77.1 Å². The Balaban J connectivity index is 1.55. The molecule has 0 unspecified atom stereocenters. The first-order valence-electron chi connectivity index (χ1n) is 10.3. The van der Waals surface area contributed by atoms with Gasteiger partial charge in [-0.15, -0.1) is 0 Å². The number of anilines is 1. The van der Waals surface area contributed by atoms with Gasteiger partial charge in [0.25, 0.3) is 12.3 Å². The molecule has 0 aromatic carbocycles. The maximum absolute atomic E-state index is 13.6. The molecule has 1 amide bonds. The van der Waals surface area contributed by atoms with Crippen molar-refractivity contribution in [2.75, 3.05) is 5.32 Å². The van der Waals surface area contributed by atoms with Crippen LogP contribution in [0.1, 0.15) is 73.6 Å². The highest BCUT2D eigenvalue weighted by Crippen LogP contribution is 2.37. The molecular formula is C21H26F2N6O. The number of aromatic nitrogens is 5. The normalized spacial score (nSPS) is 19.7. The van der Waals surface area contributed by atoms with Crippen LogP contribution in [0.15, 0.2) is 24.8 Å². The molecule has 0 aliphatic heterocycles. The Labute approximate surface area is 173 Å². The first-order chi connectivity index (χ1) is 14.3. The average molecular weight is 416 g/mol. The Hall–Kier alpha value is -2.84. The molecule has 1 N–H and O–H groups in total. The summed E-state index contributed by atoms with van der Waals surface area (Å²) in [5.74, 6) is 0.752. The average Bonchev–Trinajstić information content (AvgIpc) is 3.32. The third-order valence-corrected chi connectivity index (χ3v) is 6.00. The van der Waals surface area contributed by atoms with Crippen molar-refractivity contribution in [1.82, 2.24) is 24.4 Å². The highest BCUT2D eigenvalue weighted by atomic mass is 19.3. The minimum atomic E-state index is -2.78. The number of carbonyl (C=O) groups is 1. The number of amides is 1. The minimum Gasteiger partial charge on any atom is -0.319 e. The molecule has 0 atom stereocenters. The van der Waals surface area contributed by atoms with Crippen molar-refractivity contribution < 1.29 is 13.6 Å². The van der Waals surface area contributed by atoms with E-state index in [-0.39, 0.29) is 17.3 Å². The Morgan fingerprint density at radius 1 is 1.17 bits per heavy atom. The highest BCUT2D eigenvalue weighted by Gasteiger charge is 2.28. The zero-order valence-corrected chi connectivity index (χ0v) is 17.3. The van der Waals surface area contributed by atoms with Gasteiger partial charge in [-0.2, -0.15) is 10.2 Å². The van der Waals surface area contributed by atoms with E-state index in [1.807, 2.05) is 6.92 Å². The van der Waals surface area contributed by atoms with Gasteiger partial charge < -0.3 is 5.32 Å². The second-order valence-corrected chi connectivity index (χ2v) is 8.43. The third kappa shape index (κ3) is 3.93. The van der Waals surface area contributed by atoms with Gasteiger partial charge in [0.05, 0.1) is 17.9 Å². The zero-order chi connectivity index (χ0) is 21.4. The van der Waals surface area contributed by atoms with Crippen LogP contribution in [0.2, 0.25) is 0 Å². The van der Waals surface area contributed by atoms with Gasteiger partial charge in [-0.1, -0.05) is 13.8 Å². The first-order valence-corrected chi connectivity index (χ1v) is 10.3. The zero-order valence-electron chi connectivity index (χ0n) is 17.3. The van der Waals surface area contributed by atoms with Crippen LogP contribution in [-0.2, 0) is 0 Å². The summed E-state index contributed by atoms with van der Waals surface area (Å²) in [6, 6.07) is 0.0739. The molecule has 30 heavy (non-hydrogen) atoms. The number of carbonyl (C=O) groups excluding carboxylic acids is 1. The summed E-state index contributed by atoms with van der Waals surface area (Å²) in [5.41, 5.74) is 1.12. The van der Waals surface area contributed by atoms with E-state index in [0.29, 0.717) is 17.5 Å². The van der Waals surface area contributed by atoms with Gasteiger partial charge in [-0.25, -0.2) is 18.3 Å². The van der Waals surface area contributed by atoms with Gasteiger partial charge in [-0.05, 0) is 50.0 Å². The molecule has 1 saturated carbocycles. The molecule has 3 aromatic heterocycles. The second kappa shape index (κ2) is 8.12. The fourth-order valence-corrected chi connectivity index (χ4v) is 4.20. The molecular weight excluding hydrogens is 390 g/mol. The molecule has 1 aliphatic carbocycles. The van der Waals surface area contributed by atoms with E-state index in [9.17, 15) is 13.6 Å². The Morgan fingerprint density at radius 2 is 1.90 bits per heavy atom. The Bertz CT molecular complexity index is 1050. The summed E-state index contributed by atoms with van der Waals surface area (Å²) in [6.45, 7) is 6.31. The largest absolute Gasteiger partial charge is 0.319 e. The van der Waals surface area contributed by atoms with Gasteiger partial charge in [-0.3, -0.25) is 9.48 Å². The quantitative estimate of drug-likeness (QED) is 0.647. The fourth-order valence-electron chi connectivity index (χ4n) is 4.20. The number of nitrogens with zero attached hydrogens (tertiary/aromatic N) is 5. The van der Waals surface area contributed by atoms with E-state index >= 15 is 0 Å². The lowest BCUT2D eigenvalue weighted by atomic mass is 9.80. The van der Waals surface area contributed by atoms with E-state index in [1.54, 1.807) is 17.1 Å². The van der Waals surface area contributed by atoms with Gasteiger partial charge >= 0.3 is 0 Å². The number of aryl methyl sites for hydroxylation is 1. The van der Waals surface area contributed by atoms with Crippen LogP contribution >= 0.6 is 0 Å². The lowest BCUT2D eigenvalue weighted by Crippen LogP contribution is -2.21. The maximum Gasteiger partial charge on any atom is 0.284 e. The van der Waals surface area contributed by atoms with E-state index in [0.717, 1.165) is 31.2 Å². The minimum absolute atomic E-state index is 0.0347. The number of alkyl halides is 2. The number of halogens is 2. The summed E-state index contributed by atoms with van der Waals surface area (Å²) >= 11 is 0. The van der Waals surface area contributed by atoms with Crippen molar-refractivity contribution in [2.24, 2.45) is 11.8 Å².